The molecule has 1 heterocycles. The normalized spacial score (nSPS) is 13.3. The third-order valence-electron chi connectivity index (χ3n) is 3.56. The van der Waals surface area contributed by atoms with Gasteiger partial charge in [-0.1, -0.05) is 48.5 Å². The topological polar surface area (TPSA) is 59.3 Å². The van der Waals surface area contributed by atoms with Crippen molar-refractivity contribution in [1.29, 1.82) is 0 Å². The van der Waals surface area contributed by atoms with Crippen LogP contribution in [0.25, 0.3) is 11.0 Å². The van der Waals surface area contributed by atoms with Gasteiger partial charge >= 0.3 is 0 Å². The van der Waals surface area contributed by atoms with Crippen molar-refractivity contribution in [2.75, 3.05) is 0 Å². The first kappa shape index (κ1) is 15.8. The highest BCUT2D eigenvalue weighted by Crippen LogP contribution is 2.20. The molecular formula is C18H19NO3S. The zero-order valence-electron chi connectivity index (χ0n) is 12.9. The Hall–Kier alpha value is -2.11. The van der Waals surface area contributed by atoms with E-state index in [0.29, 0.717) is 6.42 Å². The molecule has 1 N–H and O–H groups in total. The van der Waals surface area contributed by atoms with Gasteiger partial charge in [0.15, 0.2) is 0 Å². The van der Waals surface area contributed by atoms with Crippen LogP contribution in [-0.4, -0.2) is 14.5 Å². The first-order chi connectivity index (χ1) is 11.0. The Morgan fingerprint density at radius 3 is 2.48 bits per heavy atom. The van der Waals surface area contributed by atoms with Crippen LogP contribution in [-0.2, 0) is 22.2 Å². The largest absolute Gasteiger partial charge is 0.461 e. The molecule has 0 bridgehead atoms. The molecule has 1 aromatic heterocycles. The first-order valence-electron chi connectivity index (χ1n) is 7.53. The maximum atomic E-state index is 12.2. The molecule has 0 fully saturated rings. The van der Waals surface area contributed by atoms with E-state index in [9.17, 15) is 8.42 Å². The molecule has 3 rings (SSSR count). The zero-order chi connectivity index (χ0) is 16.3. The third-order valence-corrected chi connectivity index (χ3v) is 5.04. The van der Waals surface area contributed by atoms with Crippen LogP contribution in [0.4, 0.5) is 0 Å². The lowest BCUT2D eigenvalue weighted by atomic mass is 10.2. The number of rotatable bonds is 6. The number of para-hydroxylation sites is 1. The molecule has 23 heavy (non-hydrogen) atoms. The highest BCUT2D eigenvalue weighted by atomic mass is 32.2. The Morgan fingerprint density at radius 2 is 1.74 bits per heavy atom. The van der Waals surface area contributed by atoms with Crippen molar-refractivity contribution in [1.82, 2.24) is 4.72 Å². The Labute approximate surface area is 136 Å². The van der Waals surface area contributed by atoms with Gasteiger partial charge in [-0.15, -0.1) is 0 Å². The van der Waals surface area contributed by atoms with Crippen LogP contribution in [0.2, 0.25) is 0 Å². The molecule has 0 saturated heterocycles. The van der Waals surface area contributed by atoms with Crippen LogP contribution in [0.15, 0.2) is 65.1 Å². The predicted octanol–water partition coefficient (Wildman–Crippen LogP) is 3.48. The smallest absolute Gasteiger partial charge is 0.216 e. The van der Waals surface area contributed by atoms with Gasteiger partial charge in [0.25, 0.3) is 0 Å². The number of nitrogens with one attached hydrogen (secondary N) is 1. The Morgan fingerprint density at radius 1 is 1.04 bits per heavy atom. The second kappa shape index (κ2) is 6.56. The molecule has 3 aromatic rings. The summed E-state index contributed by atoms with van der Waals surface area (Å²) in [5.41, 5.74) is 1.60. The minimum atomic E-state index is -3.38. The second-order valence-corrected chi connectivity index (χ2v) is 7.47. The van der Waals surface area contributed by atoms with E-state index in [4.69, 9.17) is 4.42 Å². The molecule has 2 aromatic carbocycles. The van der Waals surface area contributed by atoms with E-state index in [1.807, 2.05) is 67.6 Å². The van der Waals surface area contributed by atoms with Gasteiger partial charge in [-0.3, -0.25) is 0 Å². The molecule has 4 nitrogen and oxygen atoms in total. The minimum absolute atomic E-state index is 0.0156. The molecule has 1 atom stereocenters. The summed E-state index contributed by atoms with van der Waals surface area (Å²) >= 11 is 0. The quantitative estimate of drug-likeness (QED) is 0.753. The van der Waals surface area contributed by atoms with Crippen LogP contribution in [0.3, 0.4) is 0 Å². The molecule has 0 spiro atoms. The van der Waals surface area contributed by atoms with E-state index in [1.54, 1.807) is 0 Å². The van der Waals surface area contributed by atoms with Crippen molar-refractivity contribution >= 4 is 21.0 Å². The highest BCUT2D eigenvalue weighted by Gasteiger charge is 2.17. The molecule has 0 aliphatic rings. The lowest BCUT2D eigenvalue weighted by Crippen LogP contribution is -2.34. The molecule has 5 heteroatoms. The van der Waals surface area contributed by atoms with Crippen molar-refractivity contribution < 1.29 is 12.8 Å². The fraction of sp³-hybridized carbons (Fsp3) is 0.222. The number of hydrogen-bond acceptors (Lipinski definition) is 3. The average Bonchev–Trinajstić information content (AvgIpc) is 2.88. The summed E-state index contributed by atoms with van der Waals surface area (Å²) in [6.07, 6.45) is 0.517. The van der Waals surface area contributed by atoms with Gasteiger partial charge < -0.3 is 4.42 Å². The summed E-state index contributed by atoms with van der Waals surface area (Å²) < 4.78 is 32.9. The number of sulfonamides is 1. The summed E-state index contributed by atoms with van der Waals surface area (Å²) in [5, 5.41) is 1.03. The van der Waals surface area contributed by atoms with E-state index in [2.05, 4.69) is 4.72 Å². The van der Waals surface area contributed by atoms with Gasteiger partial charge in [-0.2, -0.15) is 0 Å². The third kappa shape index (κ3) is 4.21. The van der Waals surface area contributed by atoms with E-state index < -0.39 is 10.0 Å². The average molecular weight is 329 g/mol. The molecule has 0 amide bonds. The molecule has 0 aliphatic heterocycles. The molecule has 0 saturated carbocycles. The summed E-state index contributed by atoms with van der Waals surface area (Å²) in [4.78, 5) is 0. The second-order valence-electron chi connectivity index (χ2n) is 5.72. The summed E-state index contributed by atoms with van der Waals surface area (Å²) in [6.45, 7) is 1.84. The van der Waals surface area contributed by atoms with Gasteiger partial charge in [0.05, 0.1) is 5.75 Å². The van der Waals surface area contributed by atoms with Crippen LogP contribution >= 0.6 is 0 Å². The van der Waals surface area contributed by atoms with Crippen molar-refractivity contribution in [3.63, 3.8) is 0 Å². The molecule has 0 aliphatic carbocycles. The van der Waals surface area contributed by atoms with Gasteiger partial charge in [0.2, 0.25) is 10.0 Å². The molecule has 1 unspecified atom stereocenters. The maximum absolute atomic E-state index is 12.2. The number of benzene rings is 2. The molecule has 0 radical (unpaired) electrons. The number of furan rings is 1. The number of hydrogen-bond donors (Lipinski definition) is 1. The van der Waals surface area contributed by atoms with Gasteiger partial charge in [-0.05, 0) is 24.6 Å². The Bertz CT molecular complexity index is 852. The van der Waals surface area contributed by atoms with Crippen LogP contribution < -0.4 is 4.72 Å². The standard InChI is InChI=1S/C18H19NO3S/c1-14(11-17-12-16-9-5-6-10-18(16)22-17)19-23(20,21)13-15-7-3-2-4-8-15/h2-10,12,14,19H,11,13H2,1H3. The highest BCUT2D eigenvalue weighted by molar-refractivity contribution is 7.88. The van der Waals surface area contributed by atoms with Crippen LogP contribution in [0.5, 0.6) is 0 Å². The van der Waals surface area contributed by atoms with Crippen molar-refractivity contribution in [2.45, 2.75) is 25.1 Å². The van der Waals surface area contributed by atoms with E-state index in [1.165, 1.54) is 0 Å². The van der Waals surface area contributed by atoms with Crippen LogP contribution in [0.1, 0.15) is 18.2 Å². The SMILES string of the molecule is CC(Cc1cc2ccccc2o1)NS(=O)(=O)Cc1ccccc1. The Balaban J connectivity index is 1.65. The van der Waals surface area contributed by atoms with E-state index in [-0.39, 0.29) is 11.8 Å². The number of fused-ring (bicyclic) bond motifs is 1. The predicted molar refractivity (Wildman–Crippen MR) is 91.6 cm³/mol. The van der Waals surface area contributed by atoms with Gasteiger partial charge in [0, 0.05) is 17.8 Å². The summed E-state index contributed by atoms with van der Waals surface area (Å²) in [6, 6.07) is 18.6. The molecule has 120 valence electrons. The summed E-state index contributed by atoms with van der Waals surface area (Å²) in [7, 11) is -3.38. The maximum Gasteiger partial charge on any atom is 0.216 e. The lowest BCUT2D eigenvalue weighted by Gasteiger charge is -2.13. The van der Waals surface area contributed by atoms with Gasteiger partial charge in [-0.25, -0.2) is 13.1 Å². The summed E-state index contributed by atoms with van der Waals surface area (Å²) in [5.74, 6) is 0.763. The van der Waals surface area contributed by atoms with Crippen molar-refractivity contribution in [3.05, 3.63) is 72.0 Å². The molecular weight excluding hydrogens is 310 g/mol. The lowest BCUT2D eigenvalue weighted by molar-refractivity contribution is 0.504. The van der Waals surface area contributed by atoms with Crippen molar-refractivity contribution in [3.8, 4) is 0 Å². The fourth-order valence-electron chi connectivity index (χ4n) is 2.62. The van der Waals surface area contributed by atoms with Gasteiger partial charge in [0.1, 0.15) is 11.3 Å². The fourth-order valence-corrected chi connectivity index (χ4v) is 4.03. The van der Waals surface area contributed by atoms with Crippen LogP contribution in [0, 0.1) is 0 Å². The monoisotopic (exact) mass is 329 g/mol. The van der Waals surface area contributed by atoms with E-state index >= 15 is 0 Å². The van der Waals surface area contributed by atoms with E-state index in [0.717, 1.165) is 22.3 Å². The minimum Gasteiger partial charge on any atom is -0.461 e. The van der Waals surface area contributed by atoms with Crippen molar-refractivity contribution in [2.24, 2.45) is 0 Å². The zero-order valence-corrected chi connectivity index (χ0v) is 13.7. The Kier molecular flexibility index (Phi) is 4.50. The first-order valence-corrected chi connectivity index (χ1v) is 9.18.